The molecule has 1 amide bonds. The Morgan fingerprint density at radius 1 is 1.00 bits per heavy atom. The third-order valence-electron chi connectivity index (χ3n) is 2.77. The van der Waals surface area contributed by atoms with Crippen LogP contribution in [0.2, 0.25) is 0 Å². The van der Waals surface area contributed by atoms with Gasteiger partial charge in [0.05, 0.1) is 12.1 Å². The van der Waals surface area contributed by atoms with Crippen molar-refractivity contribution in [1.29, 1.82) is 0 Å². The molecule has 7 heteroatoms. The van der Waals surface area contributed by atoms with Gasteiger partial charge in [0.15, 0.2) is 23.3 Å². The van der Waals surface area contributed by atoms with E-state index in [0.29, 0.717) is 0 Å². The Kier molecular flexibility index (Phi) is 4.11. The lowest BCUT2D eigenvalue weighted by atomic mass is 10.1. The molecule has 0 aromatic heterocycles. The summed E-state index contributed by atoms with van der Waals surface area (Å²) in [4.78, 5) is 11.7. The zero-order chi connectivity index (χ0) is 15.6. The Morgan fingerprint density at radius 3 is 2.38 bits per heavy atom. The maximum Gasteiger partial charge on any atom is 0.229 e. The number of hydrogen-bond donors (Lipinski definition) is 2. The minimum absolute atomic E-state index is 0.179. The van der Waals surface area contributed by atoms with Crippen LogP contribution in [-0.4, -0.2) is 5.91 Å². The molecular weight excluding hydrogens is 288 g/mol. The second kappa shape index (κ2) is 5.82. The number of benzene rings is 2. The molecular formula is C14H10F4N2O. The molecule has 2 aromatic rings. The molecule has 0 saturated carbocycles. The first kappa shape index (κ1) is 14.8. The van der Waals surface area contributed by atoms with Gasteiger partial charge in [-0.15, -0.1) is 0 Å². The molecule has 2 aromatic carbocycles. The quantitative estimate of drug-likeness (QED) is 0.676. The molecule has 0 aliphatic rings. The average Bonchev–Trinajstić information content (AvgIpc) is 2.44. The standard InChI is InChI=1S/C14H10F4N2O/c15-8-3-1-2-7(12(8)17)6-11(21)20-14-10(19)5-4-9(16)13(14)18/h1-5H,6,19H2,(H,20,21). The summed E-state index contributed by atoms with van der Waals surface area (Å²) in [5.74, 6) is -5.62. The van der Waals surface area contributed by atoms with Crippen molar-refractivity contribution < 1.29 is 22.4 Å². The fourth-order valence-corrected chi connectivity index (χ4v) is 1.73. The number of nitrogens with two attached hydrogens (primary N) is 1. The highest BCUT2D eigenvalue weighted by molar-refractivity contribution is 5.95. The van der Waals surface area contributed by atoms with Crippen LogP contribution in [0.15, 0.2) is 30.3 Å². The number of nitrogens with one attached hydrogen (secondary N) is 1. The van der Waals surface area contributed by atoms with Crippen LogP contribution in [0.4, 0.5) is 28.9 Å². The second-order valence-corrected chi connectivity index (χ2v) is 4.26. The number of rotatable bonds is 3. The Labute approximate surface area is 117 Å². The van der Waals surface area contributed by atoms with Gasteiger partial charge in [-0.1, -0.05) is 12.1 Å². The first-order valence-corrected chi connectivity index (χ1v) is 5.86. The molecule has 0 aliphatic heterocycles. The Hall–Kier alpha value is -2.57. The first-order valence-electron chi connectivity index (χ1n) is 5.86. The van der Waals surface area contributed by atoms with Crippen LogP contribution < -0.4 is 11.1 Å². The van der Waals surface area contributed by atoms with E-state index in [1.54, 1.807) is 0 Å². The zero-order valence-electron chi connectivity index (χ0n) is 10.6. The summed E-state index contributed by atoms with van der Waals surface area (Å²) in [6.45, 7) is 0. The van der Waals surface area contributed by atoms with Crippen molar-refractivity contribution >= 4 is 17.3 Å². The van der Waals surface area contributed by atoms with E-state index in [1.807, 2.05) is 5.32 Å². The molecule has 0 atom stereocenters. The Morgan fingerprint density at radius 2 is 1.67 bits per heavy atom. The van der Waals surface area contributed by atoms with Crippen molar-refractivity contribution in [1.82, 2.24) is 0 Å². The van der Waals surface area contributed by atoms with Crippen molar-refractivity contribution in [3.63, 3.8) is 0 Å². The van der Waals surface area contributed by atoms with E-state index in [0.717, 1.165) is 18.2 Å². The molecule has 0 radical (unpaired) electrons. The van der Waals surface area contributed by atoms with E-state index in [2.05, 4.69) is 0 Å². The van der Waals surface area contributed by atoms with Gasteiger partial charge in [-0.2, -0.15) is 0 Å². The van der Waals surface area contributed by atoms with Crippen LogP contribution in [0.3, 0.4) is 0 Å². The number of amides is 1. The summed E-state index contributed by atoms with van der Waals surface area (Å²) in [5, 5.41) is 2.05. The second-order valence-electron chi connectivity index (χ2n) is 4.26. The summed E-state index contributed by atoms with van der Waals surface area (Å²) in [6.07, 6.45) is -0.543. The molecule has 0 aliphatic carbocycles. The third kappa shape index (κ3) is 3.13. The van der Waals surface area contributed by atoms with Gasteiger partial charge in [-0.3, -0.25) is 4.79 Å². The highest BCUT2D eigenvalue weighted by Crippen LogP contribution is 2.25. The molecule has 0 saturated heterocycles. The van der Waals surface area contributed by atoms with E-state index in [4.69, 9.17) is 5.73 Å². The van der Waals surface area contributed by atoms with Gasteiger partial charge in [-0.05, 0) is 18.2 Å². The van der Waals surface area contributed by atoms with Crippen LogP contribution >= 0.6 is 0 Å². The normalized spacial score (nSPS) is 10.5. The van der Waals surface area contributed by atoms with Gasteiger partial charge in [0.1, 0.15) is 5.69 Å². The molecule has 0 spiro atoms. The number of halogens is 4. The lowest BCUT2D eigenvalue weighted by molar-refractivity contribution is -0.115. The first-order chi connectivity index (χ1) is 9.90. The summed E-state index contributed by atoms with van der Waals surface area (Å²) in [7, 11) is 0. The highest BCUT2D eigenvalue weighted by Gasteiger charge is 2.16. The van der Waals surface area contributed by atoms with Crippen LogP contribution in [0.25, 0.3) is 0 Å². The van der Waals surface area contributed by atoms with Gasteiger partial charge in [-0.25, -0.2) is 17.6 Å². The number of anilines is 2. The SMILES string of the molecule is Nc1ccc(F)c(F)c1NC(=O)Cc1cccc(F)c1F. The minimum Gasteiger partial charge on any atom is -0.397 e. The highest BCUT2D eigenvalue weighted by atomic mass is 19.2. The summed E-state index contributed by atoms with van der Waals surface area (Å²) in [6, 6.07) is 5.24. The molecule has 0 bridgehead atoms. The maximum atomic E-state index is 13.5. The maximum absolute atomic E-state index is 13.5. The molecule has 3 N–H and O–H groups in total. The molecule has 110 valence electrons. The molecule has 0 fully saturated rings. The van der Waals surface area contributed by atoms with Crippen LogP contribution in [0.1, 0.15) is 5.56 Å². The van der Waals surface area contributed by atoms with E-state index >= 15 is 0 Å². The van der Waals surface area contributed by atoms with Crippen molar-refractivity contribution in [2.24, 2.45) is 0 Å². The van der Waals surface area contributed by atoms with Crippen LogP contribution in [-0.2, 0) is 11.2 Å². The molecule has 0 unspecified atom stereocenters. The smallest absolute Gasteiger partial charge is 0.229 e. The minimum atomic E-state index is -1.32. The largest absolute Gasteiger partial charge is 0.397 e. The van der Waals surface area contributed by atoms with Gasteiger partial charge >= 0.3 is 0 Å². The summed E-state index contributed by atoms with van der Waals surface area (Å²) < 4.78 is 53.0. The predicted molar refractivity (Wildman–Crippen MR) is 69.5 cm³/mol. The van der Waals surface area contributed by atoms with Gasteiger partial charge < -0.3 is 11.1 Å². The number of carbonyl (C=O) groups is 1. The van der Waals surface area contributed by atoms with Gasteiger partial charge in [0.2, 0.25) is 5.91 Å². The monoisotopic (exact) mass is 298 g/mol. The fraction of sp³-hybridized carbons (Fsp3) is 0.0714. The molecule has 0 heterocycles. The molecule has 2 rings (SSSR count). The lowest BCUT2D eigenvalue weighted by Crippen LogP contribution is -2.18. The molecule has 3 nitrogen and oxygen atoms in total. The number of hydrogen-bond acceptors (Lipinski definition) is 2. The number of carbonyl (C=O) groups excluding carboxylic acids is 1. The van der Waals surface area contributed by atoms with Crippen LogP contribution in [0.5, 0.6) is 0 Å². The van der Waals surface area contributed by atoms with E-state index in [9.17, 15) is 22.4 Å². The zero-order valence-corrected chi connectivity index (χ0v) is 10.6. The van der Waals surface area contributed by atoms with E-state index in [-0.39, 0.29) is 11.3 Å². The number of nitrogen functional groups attached to an aromatic ring is 1. The third-order valence-corrected chi connectivity index (χ3v) is 2.77. The topological polar surface area (TPSA) is 55.1 Å². The van der Waals surface area contributed by atoms with Crippen molar-refractivity contribution in [3.8, 4) is 0 Å². The predicted octanol–water partition coefficient (Wildman–Crippen LogP) is 3.01. The van der Waals surface area contributed by atoms with Gasteiger partial charge in [0.25, 0.3) is 0 Å². The lowest BCUT2D eigenvalue weighted by Gasteiger charge is -2.10. The summed E-state index contributed by atoms with van der Waals surface area (Å²) >= 11 is 0. The van der Waals surface area contributed by atoms with Crippen LogP contribution in [0, 0.1) is 23.3 Å². The Bertz CT molecular complexity index is 704. The van der Waals surface area contributed by atoms with E-state index in [1.165, 1.54) is 12.1 Å². The molecule has 21 heavy (non-hydrogen) atoms. The Balaban J connectivity index is 2.20. The van der Waals surface area contributed by atoms with Gasteiger partial charge in [0, 0.05) is 5.56 Å². The van der Waals surface area contributed by atoms with E-state index < -0.39 is 41.3 Å². The average molecular weight is 298 g/mol. The van der Waals surface area contributed by atoms with Crippen molar-refractivity contribution in [3.05, 3.63) is 59.2 Å². The fourth-order valence-electron chi connectivity index (χ4n) is 1.73. The van der Waals surface area contributed by atoms with Crippen molar-refractivity contribution in [2.45, 2.75) is 6.42 Å². The summed E-state index contributed by atoms with van der Waals surface area (Å²) in [5.41, 5.74) is 4.52. The van der Waals surface area contributed by atoms with Crippen molar-refractivity contribution in [2.75, 3.05) is 11.1 Å².